The summed E-state index contributed by atoms with van der Waals surface area (Å²) in [5.41, 5.74) is 0.728. The first-order chi connectivity index (χ1) is 9.15. The third kappa shape index (κ3) is 6.36. The van der Waals surface area contributed by atoms with Crippen LogP contribution in [0.15, 0.2) is 12.4 Å². The van der Waals surface area contributed by atoms with Crippen LogP contribution in [-0.4, -0.2) is 26.8 Å². The van der Waals surface area contributed by atoms with E-state index in [0.29, 0.717) is 18.0 Å². The molecule has 0 bridgehead atoms. The van der Waals surface area contributed by atoms with Crippen LogP contribution in [0.2, 0.25) is 0 Å². The number of aliphatic carboxylic acids is 1. The van der Waals surface area contributed by atoms with E-state index < -0.39 is 5.97 Å². The fraction of sp³-hybridized carbons (Fsp3) is 0.643. The molecule has 1 atom stereocenters. The van der Waals surface area contributed by atoms with Gasteiger partial charge in [0.05, 0.1) is 11.9 Å². The molecule has 6 heteroatoms. The predicted octanol–water partition coefficient (Wildman–Crippen LogP) is 2.37. The Morgan fingerprint density at radius 1 is 1.45 bits per heavy atom. The van der Waals surface area contributed by atoms with Crippen molar-refractivity contribution in [2.75, 3.05) is 5.32 Å². The van der Waals surface area contributed by atoms with Gasteiger partial charge < -0.3 is 10.4 Å². The lowest BCUT2D eigenvalue weighted by Crippen LogP contribution is -2.18. The van der Waals surface area contributed by atoms with Gasteiger partial charge in [0.15, 0.2) is 0 Å². The van der Waals surface area contributed by atoms with Gasteiger partial charge >= 0.3 is 5.97 Å². The van der Waals surface area contributed by atoms with E-state index in [-0.39, 0.29) is 17.9 Å². The summed E-state index contributed by atoms with van der Waals surface area (Å²) in [7, 11) is 0. The third-order valence-electron chi connectivity index (χ3n) is 2.71. The van der Waals surface area contributed by atoms with E-state index in [1.165, 1.54) is 17.1 Å². The molecular formula is C14H23N3O3. The van der Waals surface area contributed by atoms with Crippen molar-refractivity contribution < 1.29 is 14.7 Å². The molecule has 1 aromatic heterocycles. The number of carboxylic acids is 1. The van der Waals surface area contributed by atoms with Crippen molar-refractivity contribution in [3.05, 3.63) is 12.4 Å². The van der Waals surface area contributed by atoms with Gasteiger partial charge in [-0.05, 0) is 17.8 Å². The Morgan fingerprint density at radius 2 is 2.10 bits per heavy atom. The van der Waals surface area contributed by atoms with Gasteiger partial charge in [-0.3, -0.25) is 14.3 Å². The van der Waals surface area contributed by atoms with E-state index in [1.54, 1.807) is 0 Å². The molecule has 0 radical (unpaired) electrons. The number of aromatic nitrogens is 2. The van der Waals surface area contributed by atoms with Gasteiger partial charge in [0.2, 0.25) is 5.91 Å². The molecule has 0 fully saturated rings. The standard InChI is InChI=1S/C14H23N3O3/c1-10(6-14(2,3)4)5-12(18)16-11-7-15-17(8-11)9-13(19)20/h7-8,10H,5-6,9H2,1-4H3,(H,16,18)(H,19,20). The van der Waals surface area contributed by atoms with Gasteiger partial charge in [-0.25, -0.2) is 0 Å². The maximum absolute atomic E-state index is 11.9. The highest BCUT2D eigenvalue weighted by molar-refractivity contribution is 5.90. The third-order valence-corrected chi connectivity index (χ3v) is 2.71. The molecule has 0 saturated carbocycles. The minimum Gasteiger partial charge on any atom is -0.480 e. The van der Waals surface area contributed by atoms with Crippen LogP contribution in [0, 0.1) is 11.3 Å². The number of anilines is 1. The Labute approximate surface area is 119 Å². The Kier molecular flexibility index (Phi) is 5.30. The Hall–Kier alpha value is -1.85. The normalized spacial score (nSPS) is 13.0. The number of carbonyl (C=O) groups excluding carboxylic acids is 1. The number of carbonyl (C=O) groups is 2. The SMILES string of the molecule is CC(CC(=O)Nc1cnn(CC(=O)O)c1)CC(C)(C)C. The highest BCUT2D eigenvalue weighted by Crippen LogP contribution is 2.26. The second-order valence-corrected chi connectivity index (χ2v) is 6.44. The Morgan fingerprint density at radius 3 is 2.65 bits per heavy atom. The smallest absolute Gasteiger partial charge is 0.325 e. The van der Waals surface area contributed by atoms with E-state index >= 15 is 0 Å². The maximum Gasteiger partial charge on any atom is 0.325 e. The number of hydrogen-bond donors (Lipinski definition) is 2. The summed E-state index contributed by atoms with van der Waals surface area (Å²) in [6.07, 6.45) is 4.38. The first kappa shape index (κ1) is 16.2. The summed E-state index contributed by atoms with van der Waals surface area (Å²) in [5.74, 6) is -0.745. The van der Waals surface area contributed by atoms with Crippen LogP contribution in [0.5, 0.6) is 0 Å². The maximum atomic E-state index is 11.9. The second-order valence-electron chi connectivity index (χ2n) is 6.44. The molecule has 2 N–H and O–H groups in total. The number of hydrogen-bond acceptors (Lipinski definition) is 3. The molecule has 1 aromatic rings. The molecule has 0 aliphatic rings. The van der Waals surface area contributed by atoms with Crippen LogP contribution in [0.1, 0.15) is 40.5 Å². The summed E-state index contributed by atoms with van der Waals surface area (Å²) in [4.78, 5) is 22.4. The highest BCUT2D eigenvalue weighted by atomic mass is 16.4. The van der Waals surface area contributed by atoms with Crippen LogP contribution in [0.3, 0.4) is 0 Å². The second kappa shape index (κ2) is 6.54. The van der Waals surface area contributed by atoms with Crippen molar-refractivity contribution in [1.82, 2.24) is 9.78 Å². The molecule has 1 unspecified atom stereocenters. The zero-order valence-corrected chi connectivity index (χ0v) is 12.5. The fourth-order valence-corrected chi connectivity index (χ4v) is 2.30. The van der Waals surface area contributed by atoms with Crippen LogP contribution in [0.4, 0.5) is 5.69 Å². The summed E-state index contributed by atoms with van der Waals surface area (Å²) in [5, 5.41) is 15.2. The van der Waals surface area contributed by atoms with Gasteiger partial charge in [0.25, 0.3) is 0 Å². The van der Waals surface area contributed by atoms with Crippen LogP contribution in [0.25, 0.3) is 0 Å². The molecule has 20 heavy (non-hydrogen) atoms. The number of amides is 1. The van der Waals surface area contributed by atoms with Gasteiger partial charge in [-0.1, -0.05) is 27.7 Å². The largest absolute Gasteiger partial charge is 0.480 e. The van der Waals surface area contributed by atoms with Crippen molar-refractivity contribution in [1.29, 1.82) is 0 Å². The van der Waals surface area contributed by atoms with Gasteiger partial charge in [-0.15, -0.1) is 0 Å². The van der Waals surface area contributed by atoms with Crippen molar-refractivity contribution in [2.45, 2.75) is 47.1 Å². The lowest BCUT2D eigenvalue weighted by atomic mass is 9.84. The lowest BCUT2D eigenvalue weighted by molar-refractivity contribution is -0.137. The minimum atomic E-state index is -0.968. The number of rotatable bonds is 6. The van der Waals surface area contributed by atoms with Crippen LogP contribution < -0.4 is 5.32 Å². The van der Waals surface area contributed by atoms with Crippen LogP contribution in [-0.2, 0) is 16.1 Å². The van der Waals surface area contributed by atoms with Crippen molar-refractivity contribution in [3.8, 4) is 0 Å². The molecular weight excluding hydrogens is 258 g/mol. The van der Waals surface area contributed by atoms with Crippen molar-refractivity contribution in [3.63, 3.8) is 0 Å². The Bertz CT molecular complexity index is 474. The Balaban J connectivity index is 2.46. The topological polar surface area (TPSA) is 84.2 Å². The van der Waals surface area contributed by atoms with E-state index in [1.807, 2.05) is 0 Å². The first-order valence-corrected chi connectivity index (χ1v) is 6.70. The number of nitrogens with one attached hydrogen (secondary N) is 1. The molecule has 112 valence electrons. The van der Waals surface area contributed by atoms with Crippen molar-refractivity contribution in [2.24, 2.45) is 11.3 Å². The lowest BCUT2D eigenvalue weighted by Gasteiger charge is -2.22. The van der Waals surface area contributed by atoms with Crippen LogP contribution >= 0.6 is 0 Å². The first-order valence-electron chi connectivity index (χ1n) is 6.70. The van der Waals surface area contributed by atoms with E-state index in [0.717, 1.165) is 6.42 Å². The average molecular weight is 281 g/mol. The minimum absolute atomic E-state index is 0.0726. The zero-order valence-electron chi connectivity index (χ0n) is 12.5. The fourth-order valence-electron chi connectivity index (χ4n) is 2.30. The molecule has 1 heterocycles. The zero-order chi connectivity index (χ0) is 15.3. The average Bonchev–Trinajstić information content (AvgIpc) is 2.60. The van der Waals surface area contributed by atoms with Crippen molar-refractivity contribution >= 4 is 17.6 Å². The van der Waals surface area contributed by atoms with Gasteiger partial charge in [-0.2, -0.15) is 5.10 Å². The van der Waals surface area contributed by atoms with Gasteiger partial charge in [0.1, 0.15) is 6.54 Å². The summed E-state index contributed by atoms with van der Waals surface area (Å²) >= 11 is 0. The molecule has 0 spiro atoms. The highest BCUT2D eigenvalue weighted by Gasteiger charge is 2.18. The van der Waals surface area contributed by atoms with E-state index in [9.17, 15) is 9.59 Å². The molecule has 1 amide bonds. The molecule has 0 aliphatic heterocycles. The number of nitrogens with zero attached hydrogens (tertiary/aromatic N) is 2. The van der Waals surface area contributed by atoms with E-state index in [2.05, 4.69) is 38.1 Å². The molecule has 0 aromatic carbocycles. The summed E-state index contributed by atoms with van der Waals surface area (Å²) in [6, 6.07) is 0. The van der Waals surface area contributed by atoms with E-state index in [4.69, 9.17) is 5.11 Å². The molecule has 1 rings (SSSR count). The van der Waals surface area contributed by atoms with Gasteiger partial charge in [0, 0.05) is 12.6 Å². The molecule has 0 aliphatic carbocycles. The predicted molar refractivity (Wildman–Crippen MR) is 76.3 cm³/mol. The molecule has 6 nitrogen and oxygen atoms in total. The number of carboxylic acid groups (broad SMARTS) is 1. The summed E-state index contributed by atoms with van der Waals surface area (Å²) < 4.78 is 1.27. The monoisotopic (exact) mass is 281 g/mol. The quantitative estimate of drug-likeness (QED) is 0.838. The summed E-state index contributed by atoms with van der Waals surface area (Å²) in [6.45, 7) is 8.29. The molecule has 0 saturated heterocycles.